The molecule has 5 heteroatoms. The number of hydrogen-bond acceptors (Lipinski definition) is 3. The molecule has 86 valence electrons. The molecule has 1 aromatic carbocycles. The Kier molecular flexibility index (Phi) is 4.79. The maximum absolute atomic E-state index is 11.1. The molecular weight excluding hydrogens is 228 g/mol. The van der Waals surface area contributed by atoms with Crippen molar-refractivity contribution in [3.63, 3.8) is 0 Å². The van der Waals surface area contributed by atoms with Gasteiger partial charge in [-0.05, 0) is 30.7 Å². The molecule has 4 nitrogen and oxygen atoms in total. The van der Waals surface area contributed by atoms with Crippen LogP contribution in [0.15, 0.2) is 24.3 Å². The highest BCUT2D eigenvalue weighted by atomic mass is 35.5. The minimum absolute atomic E-state index is 0.300. The van der Waals surface area contributed by atoms with Crippen molar-refractivity contribution >= 4 is 29.5 Å². The molecule has 1 atom stereocenters. The maximum atomic E-state index is 11.1. The number of aldehydes is 1. The molecule has 0 spiro atoms. The summed E-state index contributed by atoms with van der Waals surface area (Å²) in [6.45, 7) is 0. The maximum Gasteiger partial charge on any atom is 0.239 e. The van der Waals surface area contributed by atoms with E-state index in [-0.39, 0.29) is 0 Å². The first kappa shape index (κ1) is 12.5. The largest absolute Gasteiger partial charge is 0.374 e. The Balaban J connectivity index is 2.63. The van der Waals surface area contributed by atoms with Crippen LogP contribution in [0.1, 0.15) is 12.8 Å². The number of hydrogen-bond donors (Lipinski definition) is 2. The van der Waals surface area contributed by atoms with E-state index in [4.69, 9.17) is 17.3 Å². The Bertz CT molecular complexity index is 365. The average molecular weight is 241 g/mol. The normalized spacial score (nSPS) is 11.8. The number of halogens is 1. The van der Waals surface area contributed by atoms with Crippen LogP contribution < -0.4 is 11.1 Å². The summed E-state index contributed by atoms with van der Waals surface area (Å²) in [6.07, 6.45) is 1.45. The third-order valence-electron chi connectivity index (χ3n) is 2.10. The quantitative estimate of drug-likeness (QED) is 0.742. The molecule has 16 heavy (non-hydrogen) atoms. The summed E-state index contributed by atoms with van der Waals surface area (Å²) < 4.78 is 0. The summed E-state index contributed by atoms with van der Waals surface area (Å²) in [5.74, 6) is -0.475. The van der Waals surface area contributed by atoms with E-state index in [1.807, 2.05) is 0 Å². The van der Waals surface area contributed by atoms with Gasteiger partial charge in [0.15, 0.2) is 0 Å². The number of carbonyl (C=O) groups excluding carboxylic acids is 2. The molecule has 0 saturated heterocycles. The molecule has 0 aliphatic heterocycles. The van der Waals surface area contributed by atoms with Gasteiger partial charge < -0.3 is 15.8 Å². The molecule has 0 aliphatic carbocycles. The number of primary amides is 1. The molecule has 0 unspecified atom stereocenters. The molecule has 0 bridgehead atoms. The van der Waals surface area contributed by atoms with Crippen LogP contribution >= 0.6 is 11.6 Å². The second kappa shape index (κ2) is 6.12. The SMILES string of the molecule is NC(=O)[C@H](CCC=O)Nc1ccc(Cl)cc1. The van der Waals surface area contributed by atoms with E-state index in [0.29, 0.717) is 17.9 Å². The van der Waals surface area contributed by atoms with Crippen molar-refractivity contribution in [3.05, 3.63) is 29.3 Å². The van der Waals surface area contributed by atoms with Crippen molar-refractivity contribution in [1.82, 2.24) is 0 Å². The fraction of sp³-hybridized carbons (Fsp3) is 0.273. The van der Waals surface area contributed by atoms with Crippen LogP contribution in [0.3, 0.4) is 0 Å². The van der Waals surface area contributed by atoms with Crippen molar-refractivity contribution in [2.24, 2.45) is 5.73 Å². The van der Waals surface area contributed by atoms with E-state index < -0.39 is 11.9 Å². The fourth-order valence-corrected chi connectivity index (χ4v) is 1.39. The molecule has 0 heterocycles. The van der Waals surface area contributed by atoms with Gasteiger partial charge in [0.25, 0.3) is 0 Å². The summed E-state index contributed by atoms with van der Waals surface area (Å²) in [6, 6.07) is 6.38. The van der Waals surface area contributed by atoms with Gasteiger partial charge in [-0.1, -0.05) is 11.6 Å². The average Bonchev–Trinajstić information content (AvgIpc) is 2.26. The van der Waals surface area contributed by atoms with Gasteiger partial charge in [-0.15, -0.1) is 0 Å². The van der Waals surface area contributed by atoms with Gasteiger partial charge in [-0.2, -0.15) is 0 Å². The van der Waals surface area contributed by atoms with Gasteiger partial charge in [0, 0.05) is 17.1 Å². The molecule has 0 aromatic heterocycles. The standard InChI is InChI=1S/C11H13ClN2O2/c12-8-3-5-9(6-4-8)14-10(11(13)16)2-1-7-15/h3-7,10,14H,1-2H2,(H2,13,16)/t10-/m0/s1. The second-order valence-electron chi connectivity index (χ2n) is 3.35. The Morgan fingerprint density at radius 3 is 2.56 bits per heavy atom. The molecule has 1 amide bonds. The first-order valence-electron chi connectivity index (χ1n) is 4.88. The number of benzene rings is 1. The Hall–Kier alpha value is -1.55. The van der Waals surface area contributed by atoms with E-state index >= 15 is 0 Å². The summed E-state index contributed by atoms with van der Waals surface area (Å²) in [5, 5.41) is 3.57. The lowest BCUT2D eigenvalue weighted by Gasteiger charge is -2.15. The number of amides is 1. The van der Waals surface area contributed by atoms with Crippen LogP contribution in [0, 0.1) is 0 Å². The monoisotopic (exact) mass is 240 g/mol. The molecular formula is C11H13ClN2O2. The third kappa shape index (κ3) is 3.90. The highest BCUT2D eigenvalue weighted by Crippen LogP contribution is 2.15. The minimum atomic E-state index is -0.536. The fourth-order valence-electron chi connectivity index (χ4n) is 1.27. The molecule has 3 N–H and O–H groups in total. The number of rotatable bonds is 6. The van der Waals surface area contributed by atoms with Crippen LogP contribution in [-0.2, 0) is 9.59 Å². The Labute approximate surface area is 98.8 Å². The van der Waals surface area contributed by atoms with Crippen molar-refractivity contribution in [2.45, 2.75) is 18.9 Å². The lowest BCUT2D eigenvalue weighted by molar-refractivity contribution is -0.118. The summed E-state index contributed by atoms with van der Waals surface area (Å²) in [4.78, 5) is 21.3. The van der Waals surface area contributed by atoms with E-state index in [1.54, 1.807) is 24.3 Å². The van der Waals surface area contributed by atoms with Crippen molar-refractivity contribution in [3.8, 4) is 0 Å². The zero-order chi connectivity index (χ0) is 12.0. The number of anilines is 1. The zero-order valence-corrected chi connectivity index (χ0v) is 9.41. The van der Waals surface area contributed by atoms with Crippen LogP contribution in [0.4, 0.5) is 5.69 Å². The van der Waals surface area contributed by atoms with Crippen LogP contribution in [0.5, 0.6) is 0 Å². The lowest BCUT2D eigenvalue weighted by atomic mass is 10.1. The summed E-state index contributed by atoms with van der Waals surface area (Å²) >= 11 is 5.73. The third-order valence-corrected chi connectivity index (χ3v) is 2.35. The highest BCUT2D eigenvalue weighted by molar-refractivity contribution is 6.30. The Morgan fingerprint density at radius 1 is 1.44 bits per heavy atom. The van der Waals surface area contributed by atoms with Crippen LogP contribution in [0.2, 0.25) is 5.02 Å². The molecule has 1 aromatic rings. The molecule has 1 rings (SSSR count). The number of nitrogens with two attached hydrogens (primary N) is 1. The van der Waals surface area contributed by atoms with Crippen molar-refractivity contribution in [2.75, 3.05) is 5.32 Å². The van der Waals surface area contributed by atoms with Gasteiger partial charge >= 0.3 is 0 Å². The number of nitrogens with one attached hydrogen (secondary N) is 1. The first-order chi connectivity index (χ1) is 7.63. The van der Waals surface area contributed by atoms with E-state index in [9.17, 15) is 9.59 Å². The lowest BCUT2D eigenvalue weighted by Crippen LogP contribution is -2.35. The zero-order valence-electron chi connectivity index (χ0n) is 8.65. The Morgan fingerprint density at radius 2 is 2.06 bits per heavy atom. The first-order valence-corrected chi connectivity index (χ1v) is 5.26. The van der Waals surface area contributed by atoms with Gasteiger partial charge in [0.05, 0.1) is 0 Å². The van der Waals surface area contributed by atoms with Crippen LogP contribution in [0.25, 0.3) is 0 Å². The van der Waals surface area contributed by atoms with Gasteiger partial charge in [0.1, 0.15) is 12.3 Å². The molecule has 0 saturated carbocycles. The van der Waals surface area contributed by atoms with Gasteiger partial charge in [-0.25, -0.2) is 0 Å². The predicted octanol–water partition coefficient (Wildman–Crippen LogP) is 1.58. The van der Waals surface area contributed by atoms with Crippen molar-refractivity contribution in [1.29, 1.82) is 0 Å². The van der Waals surface area contributed by atoms with E-state index in [0.717, 1.165) is 12.0 Å². The van der Waals surface area contributed by atoms with Crippen molar-refractivity contribution < 1.29 is 9.59 Å². The molecule has 0 radical (unpaired) electrons. The topological polar surface area (TPSA) is 72.2 Å². The smallest absolute Gasteiger partial charge is 0.239 e. The molecule has 0 aliphatic rings. The highest BCUT2D eigenvalue weighted by Gasteiger charge is 2.14. The van der Waals surface area contributed by atoms with Gasteiger partial charge in [-0.3, -0.25) is 4.79 Å². The predicted molar refractivity (Wildman–Crippen MR) is 63.4 cm³/mol. The second-order valence-corrected chi connectivity index (χ2v) is 3.79. The minimum Gasteiger partial charge on any atom is -0.374 e. The van der Waals surface area contributed by atoms with E-state index in [1.165, 1.54) is 0 Å². The number of carbonyl (C=O) groups is 2. The van der Waals surface area contributed by atoms with E-state index in [2.05, 4.69) is 5.32 Å². The van der Waals surface area contributed by atoms with Gasteiger partial charge in [0.2, 0.25) is 5.91 Å². The van der Waals surface area contributed by atoms with Crippen LogP contribution in [-0.4, -0.2) is 18.2 Å². The summed E-state index contributed by atoms with van der Waals surface area (Å²) in [7, 11) is 0. The summed E-state index contributed by atoms with van der Waals surface area (Å²) in [5.41, 5.74) is 5.96. The molecule has 0 fully saturated rings.